The number of allylic oxidation sites excluding steroid dienone is 1. The predicted octanol–water partition coefficient (Wildman–Crippen LogP) is 6.89. The third kappa shape index (κ3) is 2.08. The minimum Gasteiger partial charge on any atom is -0.367 e. The SMILES string of the molecule is CN1c2ccccc2C2=CC(c3ccc4c(c3)-c3ccccc3C3(C)CC43)CCC21. The number of anilines is 1. The molecule has 0 N–H and O–H groups in total. The number of para-hydroxylation sites is 1. The van der Waals surface area contributed by atoms with Crippen molar-refractivity contribution in [3.63, 3.8) is 0 Å². The third-order valence-corrected chi connectivity index (χ3v) is 8.50. The number of likely N-dealkylation sites (N-methyl/N-ethyl adjacent to an activating group) is 1. The molecule has 0 aromatic heterocycles. The Bertz CT molecular complexity index is 1230. The van der Waals surface area contributed by atoms with Crippen LogP contribution in [0.4, 0.5) is 5.69 Å². The molecule has 0 amide bonds. The van der Waals surface area contributed by atoms with Crippen molar-refractivity contribution in [1.29, 1.82) is 0 Å². The van der Waals surface area contributed by atoms with Gasteiger partial charge in [-0.2, -0.15) is 0 Å². The fraction of sp³-hybridized carbons (Fsp3) is 0.310. The fourth-order valence-corrected chi connectivity index (χ4v) is 6.71. The van der Waals surface area contributed by atoms with Crippen molar-refractivity contribution in [2.75, 3.05) is 11.9 Å². The fourth-order valence-electron chi connectivity index (χ4n) is 6.71. The van der Waals surface area contributed by atoms with Gasteiger partial charge in [-0.05, 0) is 64.6 Å². The number of hydrogen-bond acceptors (Lipinski definition) is 1. The maximum Gasteiger partial charge on any atom is 0.0543 e. The van der Waals surface area contributed by atoms with Crippen LogP contribution in [0.15, 0.2) is 72.8 Å². The van der Waals surface area contributed by atoms with E-state index in [4.69, 9.17) is 0 Å². The Kier molecular flexibility index (Phi) is 3.20. The van der Waals surface area contributed by atoms with Gasteiger partial charge in [0.2, 0.25) is 0 Å². The Morgan fingerprint density at radius 2 is 1.67 bits per heavy atom. The molecule has 1 aliphatic heterocycles. The van der Waals surface area contributed by atoms with Gasteiger partial charge in [0.25, 0.3) is 0 Å². The molecule has 1 saturated carbocycles. The second-order valence-electron chi connectivity index (χ2n) is 10.0. The van der Waals surface area contributed by atoms with E-state index in [1.807, 2.05) is 0 Å². The molecule has 4 atom stereocenters. The van der Waals surface area contributed by atoms with Gasteiger partial charge in [0.1, 0.15) is 0 Å². The Morgan fingerprint density at radius 1 is 0.867 bits per heavy atom. The van der Waals surface area contributed by atoms with Crippen molar-refractivity contribution < 1.29 is 0 Å². The Hall–Kier alpha value is -2.80. The highest BCUT2D eigenvalue weighted by atomic mass is 15.2. The van der Waals surface area contributed by atoms with Gasteiger partial charge >= 0.3 is 0 Å². The summed E-state index contributed by atoms with van der Waals surface area (Å²) in [6, 6.07) is 26.0. The zero-order valence-corrected chi connectivity index (χ0v) is 17.7. The number of benzene rings is 3. The molecule has 4 aliphatic rings. The van der Waals surface area contributed by atoms with E-state index in [1.165, 1.54) is 52.8 Å². The monoisotopic (exact) mass is 389 g/mol. The second kappa shape index (κ2) is 5.66. The van der Waals surface area contributed by atoms with Crippen LogP contribution in [0.2, 0.25) is 0 Å². The second-order valence-corrected chi connectivity index (χ2v) is 10.0. The van der Waals surface area contributed by atoms with Crippen LogP contribution in [-0.2, 0) is 5.41 Å². The summed E-state index contributed by atoms with van der Waals surface area (Å²) in [5.41, 5.74) is 12.3. The summed E-state index contributed by atoms with van der Waals surface area (Å²) in [5, 5.41) is 0. The molecule has 0 bridgehead atoms. The molecule has 1 fully saturated rings. The largest absolute Gasteiger partial charge is 0.367 e. The summed E-state index contributed by atoms with van der Waals surface area (Å²) >= 11 is 0. The van der Waals surface area contributed by atoms with Gasteiger partial charge in [0.15, 0.2) is 0 Å². The van der Waals surface area contributed by atoms with Gasteiger partial charge in [0.05, 0.1) is 6.04 Å². The van der Waals surface area contributed by atoms with Gasteiger partial charge in [-0.25, -0.2) is 0 Å². The van der Waals surface area contributed by atoms with E-state index in [9.17, 15) is 0 Å². The minimum atomic E-state index is 0.364. The highest BCUT2D eigenvalue weighted by molar-refractivity contribution is 5.88. The van der Waals surface area contributed by atoms with Crippen LogP contribution < -0.4 is 4.90 Å². The summed E-state index contributed by atoms with van der Waals surface area (Å²) in [5.74, 6) is 1.22. The molecular formula is C29H27N. The van der Waals surface area contributed by atoms with Crippen molar-refractivity contribution in [1.82, 2.24) is 0 Å². The molecule has 0 spiro atoms. The van der Waals surface area contributed by atoms with Crippen LogP contribution in [0.25, 0.3) is 16.7 Å². The molecule has 7 rings (SSSR count). The Labute approximate surface area is 179 Å². The summed E-state index contributed by atoms with van der Waals surface area (Å²) in [7, 11) is 2.26. The van der Waals surface area contributed by atoms with Gasteiger partial charge in [-0.3, -0.25) is 0 Å². The molecule has 3 aromatic carbocycles. The molecule has 1 nitrogen and oxygen atoms in total. The van der Waals surface area contributed by atoms with E-state index in [-0.39, 0.29) is 0 Å². The molecule has 4 unspecified atom stereocenters. The van der Waals surface area contributed by atoms with E-state index in [1.54, 1.807) is 11.1 Å². The minimum absolute atomic E-state index is 0.364. The average Bonchev–Trinajstić information content (AvgIpc) is 3.43. The normalized spacial score (nSPS) is 29.9. The molecule has 0 saturated heterocycles. The van der Waals surface area contributed by atoms with Crippen molar-refractivity contribution >= 4 is 11.3 Å². The van der Waals surface area contributed by atoms with E-state index < -0.39 is 0 Å². The van der Waals surface area contributed by atoms with Crippen molar-refractivity contribution in [3.8, 4) is 11.1 Å². The average molecular weight is 390 g/mol. The molecule has 3 aliphatic carbocycles. The zero-order chi connectivity index (χ0) is 20.0. The molecule has 1 heteroatoms. The Morgan fingerprint density at radius 3 is 2.57 bits per heavy atom. The number of rotatable bonds is 1. The number of nitrogens with zero attached hydrogens (tertiary/aromatic N) is 1. The molecule has 148 valence electrons. The van der Waals surface area contributed by atoms with Crippen molar-refractivity contribution in [2.24, 2.45) is 0 Å². The van der Waals surface area contributed by atoms with Crippen LogP contribution in [0.3, 0.4) is 0 Å². The third-order valence-electron chi connectivity index (χ3n) is 8.50. The molecule has 30 heavy (non-hydrogen) atoms. The summed E-state index contributed by atoms with van der Waals surface area (Å²) < 4.78 is 0. The predicted molar refractivity (Wildman–Crippen MR) is 125 cm³/mol. The van der Waals surface area contributed by atoms with E-state index in [0.717, 1.165) is 0 Å². The maximum absolute atomic E-state index is 2.58. The molecular weight excluding hydrogens is 362 g/mol. The summed E-state index contributed by atoms with van der Waals surface area (Å²) in [6.45, 7) is 2.45. The van der Waals surface area contributed by atoms with E-state index in [0.29, 0.717) is 23.3 Å². The number of hydrogen-bond donors (Lipinski definition) is 0. The Balaban J connectivity index is 1.33. The van der Waals surface area contributed by atoms with Crippen molar-refractivity contribution in [3.05, 3.63) is 95.1 Å². The first kappa shape index (κ1) is 16.9. The van der Waals surface area contributed by atoms with Crippen LogP contribution in [-0.4, -0.2) is 13.1 Å². The van der Waals surface area contributed by atoms with Crippen molar-refractivity contribution in [2.45, 2.75) is 49.5 Å². The van der Waals surface area contributed by atoms with Gasteiger partial charge in [-0.15, -0.1) is 0 Å². The molecule has 0 radical (unpaired) electrons. The lowest BCUT2D eigenvalue weighted by Gasteiger charge is -2.31. The van der Waals surface area contributed by atoms with Gasteiger partial charge in [0, 0.05) is 29.6 Å². The topological polar surface area (TPSA) is 3.24 Å². The van der Waals surface area contributed by atoms with Crippen LogP contribution in [0.5, 0.6) is 0 Å². The van der Waals surface area contributed by atoms with Crippen LogP contribution in [0, 0.1) is 0 Å². The number of fused-ring (bicyclic) bond motifs is 9. The van der Waals surface area contributed by atoms with Gasteiger partial charge < -0.3 is 4.90 Å². The first-order valence-electron chi connectivity index (χ1n) is 11.4. The first-order chi connectivity index (χ1) is 14.6. The van der Waals surface area contributed by atoms with Crippen LogP contribution in [0.1, 0.15) is 60.3 Å². The van der Waals surface area contributed by atoms with Crippen LogP contribution >= 0.6 is 0 Å². The summed E-state index contributed by atoms with van der Waals surface area (Å²) in [4.78, 5) is 2.48. The standard InChI is InChI=1S/C29H27N/c1-29-17-26(29)21-13-11-18(15-23(21)20-7-3-5-9-25(20)29)19-12-14-28-24(16-19)22-8-4-6-10-27(22)30(28)2/h3-11,13,15-16,19,26,28H,12,14,17H2,1-2H3. The lowest BCUT2D eigenvalue weighted by atomic mass is 9.76. The van der Waals surface area contributed by atoms with E-state index in [2.05, 4.69) is 91.7 Å². The van der Waals surface area contributed by atoms with E-state index >= 15 is 0 Å². The molecule has 1 heterocycles. The maximum atomic E-state index is 2.58. The lowest BCUT2D eigenvalue weighted by molar-refractivity contribution is 0.598. The van der Waals surface area contributed by atoms with Gasteiger partial charge in [-0.1, -0.05) is 73.7 Å². The smallest absolute Gasteiger partial charge is 0.0543 e. The highest BCUT2D eigenvalue weighted by Crippen LogP contribution is 2.66. The zero-order valence-electron chi connectivity index (χ0n) is 17.7. The lowest BCUT2D eigenvalue weighted by Crippen LogP contribution is -2.29. The summed E-state index contributed by atoms with van der Waals surface area (Å²) in [6.07, 6.45) is 6.34. The quantitative estimate of drug-likeness (QED) is 0.438. The molecule has 3 aromatic rings. The first-order valence-corrected chi connectivity index (χ1v) is 11.4. The highest BCUT2D eigenvalue weighted by Gasteiger charge is 2.56.